The Labute approximate surface area is 107 Å². The summed E-state index contributed by atoms with van der Waals surface area (Å²) in [6.07, 6.45) is 8.11. The molecule has 0 radical (unpaired) electrons. The molecule has 96 valence electrons. The summed E-state index contributed by atoms with van der Waals surface area (Å²) >= 11 is 0. The topological polar surface area (TPSA) is 56.7 Å². The Kier molecular flexibility index (Phi) is 2.73. The Bertz CT molecular complexity index is 579. The molecule has 1 aliphatic carbocycles. The van der Waals surface area contributed by atoms with Crippen LogP contribution in [0.1, 0.15) is 49.4 Å². The lowest BCUT2D eigenvalue weighted by Crippen LogP contribution is -2.14. The third-order valence-corrected chi connectivity index (χ3v) is 4.30. The van der Waals surface area contributed by atoms with Crippen LogP contribution in [0.5, 0.6) is 0 Å². The number of nitrogens with zero attached hydrogens (tertiary/aromatic N) is 3. The number of nitrogen functional groups attached to an aromatic ring is 1. The Hall–Kier alpha value is -1.58. The lowest BCUT2D eigenvalue weighted by Gasteiger charge is -2.25. The van der Waals surface area contributed by atoms with Gasteiger partial charge in [-0.25, -0.2) is 9.97 Å². The van der Waals surface area contributed by atoms with Gasteiger partial charge in [0, 0.05) is 11.7 Å². The average molecular weight is 244 g/mol. The predicted molar refractivity (Wildman–Crippen MR) is 73.5 cm³/mol. The predicted octanol–water partition coefficient (Wildman–Crippen LogP) is 3.14. The summed E-state index contributed by atoms with van der Waals surface area (Å²) in [4.78, 5) is 8.59. The zero-order chi connectivity index (χ0) is 12.7. The fourth-order valence-electron chi connectivity index (χ4n) is 3.24. The van der Waals surface area contributed by atoms with Crippen molar-refractivity contribution in [1.82, 2.24) is 14.5 Å². The van der Waals surface area contributed by atoms with Gasteiger partial charge in [0.15, 0.2) is 0 Å². The minimum Gasteiger partial charge on any atom is -0.383 e. The Morgan fingerprint density at radius 2 is 1.89 bits per heavy atom. The lowest BCUT2D eigenvalue weighted by molar-refractivity contribution is 0.355. The maximum absolute atomic E-state index is 6.00. The van der Waals surface area contributed by atoms with E-state index in [-0.39, 0.29) is 0 Å². The first-order valence-electron chi connectivity index (χ1n) is 6.77. The summed E-state index contributed by atoms with van der Waals surface area (Å²) in [5.74, 6) is 0.607. The Morgan fingerprint density at radius 3 is 2.61 bits per heavy atom. The van der Waals surface area contributed by atoms with Crippen LogP contribution >= 0.6 is 0 Å². The normalized spacial score (nSPS) is 17.4. The fourth-order valence-corrected chi connectivity index (χ4v) is 3.24. The zero-order valence-corrected chi connectivity index (χ0v) is 11.1. The van der Waals surface area contributed by atoms with Crippen molar-refractivity contribution >= 4 is 16.9 Å². The summed E-state index contributed by atoms with van der Waals surface area (Å²) in [6.45, 7) is 4.29. The maximum atomic E-state index is 6.00. The second-order valence-corrected chi connectivity index (χ2v) is 5.33. The van der Waals surface area contributed by atoms with E-state index < -0.39 is 0 Å². The van der Waals surface area contributed by atoms with Crippen LogP contribution in [0.3, 0.4) is 0 Å². The van der Waals surface area contributed by atoms with Crippen molar-refractivity contribution in [3.05, 3.63) is 17.6 Å². The third-order valence-electron chi connectivity index (χ3n) is 4.30. The van der Waals surface area contributed by atoms with Crippen LogP contribution in [0, 0.1) is 13.8 Å². The zero-order valence-electron chi connectivity index (χ0n) is 11.1. The number of hydrogen-bond acceptors (Lipinski definition) is 3. The fraction of sp³-hybridized carbons (Fsp3) is 0.571. The number of hydrogen-bond donors (Lipinski definition) is 1. The first-order chi connectivity index (χ1) is 8.70. The van der Waals surface area contributed by atoms with E-state index >= 15 is 0 Å². The van der Waals surface area contributed by atoms with Gasteiger partial charge in [0.05, 0.1) is 5.39 Å². The number of nitrogens with two attached hydrogens (primary N) is 1. The maximum Gasteiger partial charge on any atom is 0.146 e. The molecule has 0 bridgehead atoms. The summed E-state index contributed by atoms with van der Waals surface area (Å²) in [5.41, 5.74) is 9.55. The molecule has 0 aromatic carbocycles. The summed E-state index contributed by atoms with van der Waals surface area (Å²) in [6, 6.07) is 0.587. The van der Waals surface area contributed by atoms with Crippen molar-refractivity contribution < 1.29 is 0 Å². The molecule has 0 unspecified atom stereocenters. The third kappa shape index (κ3) is 1.59. The molecule has 0 atom stereocenters. The van der Waals surface area contributed by atoms with E-state index in [9.17, 15) is 0 Å². The van der Waals surface area contributed by atoms with Gasteiger partial charge in [-0.3, -0.25) is 0 Å². The van der Waals surface area contributed by atoms with Gasteiger partial charge in [0.1, 0.15) is 17.8 Å². The van der Waals surface area contributed by atoms with E-state index in [0.29, 0.717) is 11.9 Å². The number of fused-ring (bicyclic) bond motifs is 1. The molecule has 2 N–H and O–H groups in total. The smallest absolute Gasteiger partial charge is 0.146 e. The number of aromatic nitrogens is 3. The largest absolute Gasteiger partial charge is 0.383 e. The van der Waals surface area contributed by atoms with Crippen LogP contribution in [0.15, 0.2) is 6.33 Å². The van der Waals surface area contributed by atoms with E-state index in [1.807, 2.05) is 0 Å². The Balaban J connectivity index is 2.22. The summed E-state index contributed by atoms with van der Waals surface area (Å²) in [7, 11) is 0. The van der Waals surface area contributed by atoms with Crippen LogP contribution in [-0.2, 0) is 0 Å². The summed E-state index contributed by atoms with van der Waals surface area (Å²) in [5, 5.41) is 1.04. The van der Waals surface area contributed by atoms with Crippen LogP contribution in [0.25, 0.3) is 11.0 Å². The minimum atomic E-state index is 0.587. The van der Waals surface area contributed by atoms with Gasteiger partial charge >= 0.3 is 0 Å². The first-order valence-corrected chi connectivity index (χ1v) is 6.77. The quantitative estimate of drug-likeness (QED) is 0.838. The molecule has 1 fully saturated rings. The lowest BCUT2D eigenvalue weighted by atomic mass is 9.95. The van der Waals surface area contributed by atoms with Gasteiger partial charge in [0.25, 0.3) is 0 Å². The van der Waals surface area contributed by atoms with Crippen molar-refractivity contribution in [3.8, 4) is 0 Å². The number of aryl methyl sites for hydroxylation is 1. The van der Waals surface area contributed by atoms with Crippen LogP contribution in [0.4, 0.5) is 5.82 Å². The van der Waals surface area contributed by atoms with Crippen molar-refractivity contribution in [3.63, 3.8) is 0 Å². The van der Waals surface area contributed by atoms with Gasteiger partial charge in [-0.15, -0.1) is 0 Å². The average Bonchev–Trinajstić information content (AvgIpc) is 2.64. The molecule has 1 saturated carbocycles. The molecule has 3 rings (SSSR count). The van der Waals surface area contributed by atoms with Gasteiger partial charge in [-0.1, -0.05) is 19.3 Å². The molecule has 0 spiro atoms. The van der Waals surface area contributed by atoms with Crippen LogP contribution < -0.4 is 5.73 Å². The highest BCUT2D eigenvalue weighted by Gasteiger charge is 2.22. The van der Waals surface area contributed by atoms with E-state index in [0.717, 1.165) is 11.0 Å². The molecular formula is C14H20N4. The van der Waals surface area contributed by atoms with Gasteiger partial charge in [-0.2, -0.15) is 0 Å². The molecule has 4 heteroatoms. The summed E-state index contributed by atoms with van der Waals surface area (Å²) < 4.78 is 2.39. The van der Waals surface area contributed by atoms with Crippen molar-refractivity contribution in [1.29, 1.82) is 0 Å². The highest BCUT2D eigenvalue weighted by atomic mass is 15.1. The SMILES string of the molecule is Cc1c(C)n(C2CCCCC2)c2ncnc(N)c12. The molecule has 4 nitrogen and oxygen atoms in total. The van der Waals surface area contributed by atoms with Crippen LogP contribution in [-0.4, -0.2) is 14.5 Å². The molecule has 2 heterocycles. The molecule has 0 saturated heterocycles. The second-order valence-electron chi connectivity index (χ2n) is 5.33. The molecule has 0 amide bonds. The van der Waals surface area contributed by atoms with Gasteiger partial charge < -0.3 is 10.3 Å². The van der Waals surface area contributed by atoms with E-state index in [4.69, 9.17) is 5.73 Å². The Morgan fingerprint density at radius 1 is 1.17 bits per heavy atom. The van der Waals surface area contributed by atoms with Gasteiger partial charge in [-0.05, 0) is 32.3 Å². The highest BCUT2D eigenvalue weighted by Crippen LogP contribution is 2.35. The monoisotopic (exact) mass is 244 g/mol. The standard InChI is InChI=1S/C14H20N4/c1-9-10(2)18(11-6-4-3-5-7-11)14-12(9)13(15)16-8-17-14/h8,11H,3-7H2,1-2H3,(H2,15,16,17). The van der Waals surface area contributed by atoms with Crippen molar-refractivity contribution in [2.45, 2.75) is 52.0 Å². The number of rotatable bonds is 1. The number of anilines is 1. The van der Waals surface area contributed by atoms with Gasteiger partial charge in [0.2, 0.25) is 0 Å². The molecule has 2 aromatic heterocycles. The van der Waals surface area contributed by atoms with Crippen molar-refractivity contribution in [2.75, 3.05) is 5.73 Å². The van der Waals surface area contributed by atoms with Crippen molar-refractivity contribution in [2.24, 2.45) is 0 Å². The van der Waals surface area contributed by atoms with Crippen LogP contribution in [0.2, 0.25) is 0 Å². The molecule has 1 aliphatic rings. The molecular weight excluding hydrogens is 224 g/mol. The van der Waals surface area contributed by atoms with E-state index in [2.05, 4.69) is 28.4 Å². The highest BCUT2D eigenvalue weighted by molar-refractivity contribution is 5.90. The van der Waals surface area contributed by atoms with E-state index in [1.165, 1.54) is 43.4 Å². The molecule has 2 aromatic rings. The first kappa shape index (κ1) is 11.5. The minimum absolute atomic E-state index is 0.587. The van der Waals surface area contributed by atoms with E-state index in [1.54, 1.807) is 6.33 Å². The second kappa shape index (κ2) is 4.26. The molecule has 18 heavy (non-hydrogen) atoms. The molecule has 0 aliphatic heterocycles.